The summed E-state index contributed by atoms with van der Waals surface area (Å²) in [6.45, 7) is 0.448. The molecule has 0 heterocycles. The van der Waals surface area contributed by atoms with Crippen LogP contribution in [0.1, 0.15) is 37.9 Å². The Balaban J connectivity index is 1.50. The van der Waals surface area contributed by atoms with Crippen molar-refractivity contribution in [2.75, 3.05) is 27.7 Å². The van der Waals surface area contributed by atoms with Gasteiger partial charge in [-0.15, -0.1) is 0 Å². The van der Waals surface area contributed by atoms with E-state index in [2.05, 4.69) is 10.2 Å². The highest BCUT2D eigenvalue weighted by molar-refractivity contribution is 6.22. The molecule has 5 heteroatoms. The molecular weight excluding hydrogens is 376 g/mol. The first-order valence-corrected chi connectivity index (χ1v) is 9.86. The van der Waals surface area contributed by atoms with Gasteiger partial charge in [0.1, 0.15) is 5.75 Å². The van der Waals surface area contributed by atoms with Crippen LogP contribution in [0.2, 0.25) is 0 Å². The smallest absolute Gasteiger partial charge is 0.251 e. The molecule has 0 spiro atoms. The number of ether oxygens (including phenoxy) is 1. The number of fused-ring (bicyclic) bond motifs is 3. The normalized spacial score (nSPS) is 13.0. The Bertz CT molecular complexity index is 1100. The van der Waals surface area contributed by atoms with Gasteiger partial charge in [-0.25, -0.2) is 0 Å². The number of rotatable bonds is 6. The lowest BCUT2D eigenvalue weighted by Crippen LogP contribution is -2.34. The van der Waals surface area contributed by atoms with Crippen molar-refractivity contribution >= 4 is 11.7 Å². The van der Waals surface area contributed by atoms with Crippen molar-refractivity contribution in [2.24, 2.45) is 0 Å². The highest BCUT2D eigenvalue weighted by Crippen LogP contribution is 2.36. The minimum absolute atomic E-state index is 0.0140. The Morgan fingerprint density at radius 1 is 0.933 bits per heavy atom. The molecule has 5 nitrogen and oxygen atoms in total. The van der Waals surface area contributed by atoms with Crippen LogP contribution in [-0.4, -0.2) is 44.3 Å². The van der Waals surface area contributed by atoms with Gasteiger partial charge in [0.15, 0.2) is 5.78 Å². The fraction of sp³-hybridized carbons (Fsp3) is 0.200. The zero-order valence-corrected chi connectivity index (χ0v) is 17.3. The number of methoxy groups -OCH3 is 1. The van der Waals surface area contributed by atoms with Crippen LogP contribution in [-0.2, 0) is 0 Å². The van der Waals surface area contributed by atoms with Crippen molar-refractivity contribution in [2.45, 2.75) is 6.04 Å². The molecule has 152 valence electrons. The van der Waals surface area contributed by atoms with E-state index < -0.39 is 0 Å². The molecule has 0 saturated carbocycles. The Hall–Kier alpha value is -3.44. The number of carbonyl (C=O) groups is 2. The zero-order valence-electron chi connectivity index (χ0n) is 17.3. The maximum absolute atomic E-state index is 12.8. The monoisotopic (exact) mass is 400 g/mol. The third-order valence-electron chi connectivity index (χ3n) is 5.57. The van der Waals surface area contributed by atoms with Gasteiger partial charge < -0.3 is 15.0 Å². The fourth-order valence-electron chi connectivity index (χ4n) is 3.89. The summed E-state index contributed by atoms with van der Waals surface area (Å²) in [6, 6.07) is 20.7. The number of hydrogen-bond donors (Lipinski definition) is 1. The second kappa shape index (κ2) is 8.13. The molecular formula is C25H24N2O3. The Morgan fingerprint density at radius 2 is 1.60 bits per heavy atom. The number of nitrogens with one attached hydrogen (secondary N) is 1. The Morgan fingerprint density at radius 3 is 2.27 bits per heavy atom. The first-order chi connectivity index (χ1) is 14.5. The van der Waals surface area contributed by atoms with E-state index in [0.717, 1.165) is 22.4 Å². The molecule has 0 saturated heterocycles. The molecule has 4 rings (SSSR count). The van der Waals surface area contributed by atoms with Crippen molar-refractivity contribution in [3.8, 4) is 16.9 Å². The first-order valence-electron chi connectivity index (χ1n) is 9.86. The van der Waals surface area contributed by atoms with Crippen molar-refractivity contribution < 1.29 is 14.3 Å². The number of hydrogen-bond acceptors (Lipinski definition) is 4. The third-order valence-corrected chi connectivity index (χ3v) is 5.57. The Labute approximate surface area is 176 Å². The van der Waals surface area contributed by atoms with Gasteiger partial charge in [-0.05, 0) is 55.1 Å². The van der Waals surface area contributed by atoms with E-state index in [4.69, 9.17) is 4.74 Å². The summed E-state index contributed by atoms with van der Waals surface area (Å²) in [6.07, 6.45) is 0. The van der Waals surface area contributed by atoms with Crippen LogP contribution >= 0.6 is 0 Å². The molecule has 0 fully saturated rings. The van der Waals surface area contributed by atoms with Gasteiger partial charge in [0.05, 0.1) is 13.2 Å². The number of carbonyl (C=O) groups excluding carboxylic acids is 2. The average Bonchev–Trinajstić information content (AvgIpc) is 3.06. The van der Waals surface area contributed by atoms with Crippen LogP contribution in [0.3, 0.4) is 0 Å². The molecule has 1 unspecified atom stereocenters. The van der Waals surface area contributed by atoms with E-state index in [1.54, 1.807) is 19.2 Å². The van der Waals surface area contributed by atoms with Gasteiger partial charge in [0.2, 0.25) is 0 Å². The van der Waals surface area contributed by atoms with Crippen molar-refractivity contribution in [1.82, 2.24) is 10.2 Å². The largest absolute Gasteiger partial charge is 0.497 e. The summed E-state index contributed by atoms with van der Waals surface area (Å²) in [4.78, 5) is 27.6. The molecule has 0 radical (unpaired) electrons. The van der Waals surface area contributed by atoms with Crippen LogP contribution in [0, 0.1) is 0 Å². The maximum atomic E-state index is 12.8. The SMILES string of the molecule is COc1ccc(C(CNC(=O)c2ccc3c(c2)C(=O)c2ccccc2-3)N(C)C)cc1. The van der Waals surface area contributed by atoms with Crippen LogP contribution < -0.4 is 10.1 Å². The van der Waals surface area contributed by atoms with Gasteiger partial charge in [-0.1, -0.05) is 42.5 Å². The van der Waals surface area contributed by atoms with E-state index in [1.165, 1.54) is 0 Å². The first kappa shape index (κ1) is 19.9. The summed E-state index contributed by atoms with van der Waals surface area (Å²) < 4.78 is 5.22. The van der Waals surface area contributed by atoms with E-state index in [0.29, 0.717) is 23.2 Å². The van der Waals surface area contributed by atoms with Crippen molar-refractivity contribution in [3.05, 3.63) is 89.0 Å². The number of amides is 1. The fourth-order valence-corrected chi connectivity index (χ4v) is 3.89. The number of ketones is 1. The van der Waals surface area contributed by atoms with Gasteiger partial charge in [0.25, 0.3) is 5.91 Å². The van der Waals surface area contributed by atoms with Gasteiger partial charge in [-0.3, -0.25) is 9.59 Å². The lowest BCUT2D eigenvalue weighted by atomic mass is 10.0. The second-order valence-corrected chi connectivity index (χ2v) is 7.60. The van der Waals surface area contributed by atoms with E-state index >= 15 is 0 Å². The van der Waals surface area contributed by atoms with Crippen molar-refractivity contribution in [1.29, 1.82) is 0 Å². The minimum Gasteiger partial charge on any atom is -0.497 e. The van der Waals surface area contributed by atoms with Crippen LogP contribution in [0.4, 0.5) is 0 Å². The summed E-state index contributed by atoms with van der Waals surface area (Å²) in [5.74, 6) is 0.575. The van der Waals surface area contributed by atoms with Gasteiger partial charge >= 0.3 is 0 Å². The topological polar surface area (TPSA) is 58.6 Å². The molecule has 1 N–H and O–H groups in total. The second-order valence-electron chi connectivity index (χ2n) is 7.60. The maximum Gasteiger partial charge on any atom is 0.251 e. The number of benzene rings is 3. The molecule has 1 atom stereocenters. The van der Waals surface area contributed by atoms with E-state index in [9.17, 15) is 9.59 Å². The standard InChI is InChI=1S/C25H24N2O3/c1-27(2)23(16-8-11-18(30-3)12-9-16)15-26-25(29)17-10-13-20-19-6-4-5-7-21(19)24(28)22(20)14-17/h4-14,23H,15H2,1-3H3,(H,26,29). The lowest BCUT2D eigenvalue weighted by molar-refractivity contribution is 0.0942. The molecule has 1 aliphatic carbocycles. The predicted octanol–water partition coefficient (Wildman–Crippen LogP) is 3.94. The summed E-state index contributed by atoms with van der Waals surface area (Å²) in [5.41, 5.74) is 4.66. The molecule has 3 aromatic rings. The molecule has 0 aromatic heterocycles. The van der Waals surface area contributed by atoms with Gasteiger partial charge in [0, 0.05) is 23.2 Å². The third kappa shape index (κ3) is 3.60. The highest BCUT2D eigenvalue weighted by Gasteiger charge is 2.27. The molecule has 0 bridgehead atoms. The number of likely N-dealkylation sites (N-methyl/N-ethyl adjacent to an activating group) is 1. The van der Waals surface area contributed by atoms with Crippen molar-refractivity contribution in [3.63, 3.8) is 0 Å². The minimum atomic E-state index is -0.193. The van der Waals surface area contributed by atoms with E-state index in [1.807, 2.05) is 68.7 Å². The van der Waals surface area contributed by atoms with Crippen LogP contribution in [0.5, 0.6) is 5.75 Å². The predicted molar refractivity (Wildman–Crippen MR) is 117 cm³/mol. The zero-order chi connectivity index (χ0) is 21.3. The van der Waals surface area contributed by atoms with Crippen LogP contribution in [0.25, 0.3) is 11.1 Å². The summed E-state index contributed by atoms with van der Waals surface area (Å²) >= 11 is 0. The Kier molecular flexibility index (Phi) is 5.38. The lowest BCUT2D eigenvalue weighted by Gasteiger charge is -2.25. The highest BCUT2D eigenvalue weighted by atomic mass is 16.5. The quantitative estimate of drug-likeness (QED) is 0.533. The van der Waals surface area contributed by atoms with E-state index in [-0.39, 0.29) is 17.7 Å². The van der Waals surface area contributed by atoms with Crippen LogP contribution in [0.15, 0.2) is 66.7 Å². The molecule has 3 aromatic carbocycles. The van der Waals surface area contributed by atoms with Gasteiger partial charge in [-0.2, -0.15) is 0 Å². The molecule has 30 heavy (non-hydrogen) atoms. The summed E-state index contributed by atoms with van der Waals surface area (Å²) in [7, 11) is 5.59. The molecule has 1 aliphatic rings. The molecule has 0 aliphatic heterocycles. The molecule has 1 amide bonds. The average molecular weight is 400 g/mol. The number of nitrogens with zero attached hydrogens (tertiary/aromatic N) is 1. The summed E-state index contributed by atoms with van der Waals surface area (Å²) in [5, 5.41) is 3.01.